The summed E-state index contributed by atoms with van der Waals surface area (Å²) in [5, 5.41) is 2.75. The fourth-order valence-corrected chi connectivity index (χ4v) is 3.31. The van der Waals surface area contributed by atoms with Gasteiger partial charge in [-0.25, -0.2) is 4.98 Å². The van der Waals surface area contributed by atoms with Crippen molar-refractivity contribution < 1.29 is 4.79 Å². The first-order valence-electron chi connectivity index (χ1n) is 8.65. The lowest BCUT2D eigenvalue weighted by molar-refractivity contribution is -0.114. The van der Waals surface area contributed by atoms with Crippen LogP contribution in [0.25, 0.3) is 33.4 Å². The van der Waals surface area contributed by atoms with Crippen LogP contribution in [0.2, 0.25) is 0 Å². The molecule has 1 N–H and O–H groups in total. The van der Waals surface area contributed by atoms with E-state index in [2.05, 4.69) is 30.9 Å². The number of anilines is 1. The number of hydrogen-bond acceptors (Lipinski definition) is 4. The molecule has 4 aromatic rings. The third kappa shape index (κ3) is 3.06. The van der Waals surface area contributed by atoms with E-state index in [0.717, 1.165) is 39.1 Å². The summed E-state index contributed by atoms with van der Waals surface area (Å²) in [7, 11) is 2.02. The predicted octanol–water partition coefficient (Wildman–Crippen LogP) is 3.96. The first kappa shape index (κ1) is 16.9. The number of amides is 1. The largest absolute Gasteiger partial charge is 0.342 e. The molecule has 134 valence electrons. The van der Waals surface area contributed by atoms with E-state index in [4.69, 9.17) is 0 Å². The fraction of sp³-hybridized carbons (Fsp3) is 0.143. The predicted molar refractivity (Wildman–Crippen MR) is 106 cm³/mol. The first-order valence-corrected chi connectivity index (χ1v) is 8.65. The number of aromatic nitrogens is 4. The van der Waals surface area contributed by atoms with E-state index in [1.807, 2.05) is 50.5 Å². The van der Waals surface area contributed by atoms with Crippen molar-refractivity contribution in [2.75, 3.05) is 5.32 Å². The monoisotopic (exact) mass is 357 g/mol. The number of aryl methyl sites for hydroxylation is 2. The lowest BCUT2D eigenvalue weighted by atomic mass is 10.0. The van der Waals surface area contributed by atoms with Crippen LogP contribution < -0.4 is 5.32 Å². The Kier molecular flexibility index (Phi) is 4.16. The van der Waals surface area contributed by atoms with E-state index in [1.165, 1.54) is 6.92 Å². The van der Waals surface area contributed by atoms with Crippen molar-refractivity contribution in [2.24, 2.45) is 7.05 Å². The molecule has 1 amide bonds. The Morgan fingerprint density at radius 1 is 1.04 bits per heavy atom. The van der Waals surface area contributed by atoms with Crippen LogP contribution >= 0.6 is 0 Å². The standard InChI is InChI=1S/C21H19N5O/c1-13-6-7-16(12-24-13)19-20-17(5-4-9-23-20)26(3)21(19)15-8-10-22-18(11-15)25-14(2)27/h4-12H,1-3H3,(H,22,25,27). The van der Waals surface area contributed by atoms with E-state index < -0.39 is 0 Å². The molecule has 0 saturated carbocycles. The van der Waals surface area contributed by atoms with E-state index in [9.17, 15) is 4.79 Å². The summed E-state index contributed by atoms with van der Waals surface area (Å²) in [6.07, 6.45) is 5.37. The van der Waals surface area contributed by atoms with Gasteiger partial charge in [-0.15, -0.1) is 0 Å². The van der Waals surface area contributed by atoms with E-state index in [1.54, 1.807) is 12.4 Å². The maximum atomic E-state index is 11.4. The van der Waals surface area contributed by atoms with Crippen LogP contribution in [0.3, 0.4) is 0 Å². The summed E-state index contributed by atoms with van der Waals surface area (Å²) in [5.41, 5.74) is 6.87. The Hall–Kier alpha value is -3.54. The second kappa shape index (κ2) is 6.64. The van der Waals surface area contributed by atoms with Crippen molar-refractivity contribution in [1.29, 1.82) is 0 Å². The molecule has 0 fully saturated rings. The molecule has 4 heterocycles. The maximum absolute atomic E-state index is 11.4. The minimum Gasteiger partial charge on any atom is -0.342 e. The molecular weight excluding hydrogens is 338 g/mol. The Bertz CT molecular complexity index is 1150. The van der Waals surface area contributed by atoms with Gasteiger partial charge in [0.1, 0.15) is 5.82 Å². The molecular formula is C21H19N5O. The van der Waals surface area contributed by atoms with Crippen LogP contribution in [-0.4, -0.2) is 25.4 Å². The number of carbonyl (C=O) groups is 1. The average molecular weight is 357 g/mol. The topological polar surface area (TPSA) is 72.7 Å². The second-order valence-corrected chi connectivity index (χ2v) is 6.45. The molecule has 0 spiro atoms. The third-order valence-corrected chi connectivity index (χ3v) is 4.49. The lowest BCUT2D eigenvalue weighted by Crippen LogP contribution is -2.07. The fourth-order valence-electron chi connectivity index (χ4n) is 3.31. The van der Waals surface area contributed by atoms with Gasteiger partial charge in [-0.2, -0.15) is 0 Å². The molecule has 0 unspecified atom stereocenters. The molecule has 4 rings (SSSR count). The summed E-state index contributed by atoms with van der Waals surface area (Å²) in [4.78, 5) is 24.7. The van der Waals surface area contributed by atoms with Gasteiger partial charge < -0.3 is 9.88 Å². The van der Waals surface area contributed by atoms with Crippen molar-refractivity contribution >= 4 is 22.8 Å². The van der Waals surface area contributed by atoms with Gasteiger partial charge in [0.15, 0.2) is 0 Å². The molecule has 6 heteroatoms. The molecule has 27 heavy (non-hydrogen) atoms. The number of hydrogen-bond donors (Lipinski definition) is 1. The summed E-state index contributed by atoms with van der Waals surface area (Å²) >= 11 is 0. The summed E-state index contributed by atoms with van der Waals surface area (Å²) in [5.74, 6) is 0.368. The van der Waals surface area contributed by atoms with Gasteiger partial charge in [-0.05, 0) is 37.3 Å². The molecule has 4 aromatic heterocycles. The molecule has 0 aromatic carbocycles. The Morgan fingerprint density at radius 3 is 2.63 bits per heavy atom. The number of fused-ring (bicyclic) bond motifs is 1. The van der Waals surface area contributed by atoms with Crippen LogP contribution in [-0.2, 0) is 11.8 Å². The maximum Gasteiger partial charge on any atom is 0.222 e. The molecule has 0 bridgehead atoms. The molecule has 0 radical (unpaired) electrons. The quantitative estimate of drug-likeness (QED) is 0.602. The van der Waals surface area contributed by atoms with Crippen LogP contribution in [0.5, 0.6) is 0 Å². The van der Waals surface area contributed by atoms with Gasteiger partial charge in [-0.1, -0.05) is 6.07 Å². The van der Waals surface area contributed by atoms with Gasteiger partial charge in [0.25, 0.3) is 0 Å². The van der Waals surface area contributed by atoms with Crippen LogP contribution in [0.1, 0.15) is 12.6 Å². The second-order valence-electron chi connectivity index (χ2n) is 6.45. The molecule has 0 aliphatic heterocycles. The molecule has 0 atom stereocenters. The van der Waals surface area contributed by atoms with Gasteiger partial charge in [0.2, 0.25) is 5.91 Å². The third-order valence-electron chi connectivity index (χ3n) is 4.49. The molecule has 0 aliphatic rings. The minimum atomic E-state index is -0.152. The van der Waals surface area contributed by atoms with Crippen molar-refractivity contribution in [3.8, 4) is 22.4 Å². The van der Waals surface area contributed by atoms with Crippen LogP contribution in [0.4, 0.5) is 5.82 Å². The SMILES string of the molecule is CC(=O)Nc1cc(-c2c(-c3ccc(C)nc3)c3ncccc3n2C)ccn1. The average Bonchev–Trinajstić information content (AvgIpc) is 2.95. The molecule has 6 nitrogen and oxygen atoms in total. The number of nitrogens with zero attached hydrogens (tertiary/aromatic N) is 4. The van der Waals surface area contributed by atoms with Gasteiger partial charge >= 0.3 is 0 Å². The summed E-state index contributed by atoms with van der Waals surface area (Å²) in [6, 6.07) is 11.8. The Morgan fingerprint density at radius 2 is 1.89 bits per heavy atom. The highest BCUT2D eigenvalue weighted by Gasteiger charge is 2.20. The zero-order valence-electron chi connectivity index (χ0n) is 15.4. The number of pyridine rings is 3. The highest BCUT2D eigenvalue weighted by atomic mass is 16.1. The Labute approximate surface area is 156 Å². The molecule has 0 aliphatic carbocycles. The van der Waals surface area contributed by atoms with Crippen LogP contribution in [0, 0.1) is 6.92 Å². The van der Waals surface area contributed by atoms with Crippen molar-refractivity contribution in [2.45, 2.75) is 13.8 Å². The van der Waals surface area contributed by atoms with E-state index >= 15 is 0 Å². The number of nitrogens with one attached hydrogen (secondary N) is 1. The van der Waals surface area contributed by atoms with Crippen molar-refractivity contribution in [3.05, 3.63) is 60.7 Å². The highest BCUT2D eigenvalue weighted by Crippen LogP contribution is 2.39. The van der Waals surface area contributed by atoms with Crippen molar-refractivity contribution in [3.63, 3.8) is 0 Å². The van der Waals surface area contributed by atoms with Crippen molar-refractivity contribution in [1.82, 2.24) is 19.5 Å². The zero-order chi connectivity index (χ0) is 19.0. The van der Waals surface area contributed by atoms with E-state index in [-0.39, 0.29) is 5.91 Å². The summed E-state index contributed by atoms with van der Waals surface area (Å²) < 4.78 is 2.12. The normalized spacial score (nSPS) is 10.9. The summed E-state index contributed by atoms with van der Waals surface area (Å²) in [6.45, 7) is 3.44. The number of carbonyl (C=O) groups excluding carboxylic acids is 1. The van der Waals surface area contributed by atoms with Gasteiger partial charge in [0, 0.05) is 54.9 Å². The lowest BCUT2D eigenvalue weighted by Gasteiger charge is -2.10. The molecule has 0 saturated heterocycles. The minimum absolute atomic E-state index is 0.152. The van der Waals surface area contributed by atoms with Crippen LogP contribution in [0.15, 0.2) is 55.0 Å². The first-order chi connectivity index (χ1) is 13.0. The zero-order valence-corrected chi connectivity index (χ0v) is 15.4. The smallest absolute Gasteiger partial charge is 0.222 e. The van der Waals surface area contributed by atoms with Gasteiger partial charge in [0.05, 0.1) is 16.7 Å². The van der Waals surface area contributed by atoms with E-state index in [0.29, 0.717) is 5.82 Å². The Balaban J connectivity index is 2.00. The highest BCUT2D eigenvalue weighted by molar-refractivity contribution is 6.02. The van der Waals surface area contributed by atoms with Gasteiger partial charge in [-0.3, -0.25) is 14.8 Å². The number of rotatable bonds is 3.